The van der Waals surface area contributed by atoms with Crippen molar-refractivity contribution in [3.05, 3.63) is 0 Å². The minimum absolute atomic E-state index is 0.204. The van der Waals surface area contributed by atoms with Crippen LogP contribution in [-0.4, -0.2) is 25.0 Å². The van der Waals surface area contributed by atoms with E-state index in [0.29, 0.717) is 18.4 Å². The summed E-state index contributed by atoms with van der Waals surface area (Å²) in [7, 11) is 0. The molecule has 0 aromatic carbocycles. The summed E-state index contributed by atoms with van der Waals surface area (Å²) in [6.07, 6.45) is 1.67. The molecule has 1 heterocycles. The van der Waals surface area contributed by atoms with Gasteiger partial charge in [-0.1, -0.05) is 13.8 Å². The molecule has 0 aromatic rings. The van der Waals surface area contributed by atoms with Crippen LogP contribution in [0.2, 0.25) is 0 Å². The van der Waals surface area contributed by atoms with Crippen LogP contribution in [0.5, 0.6) is 0 Å². The fourth-order valence-corrected chi connectivity index (χ4v) is 1.11. The van der Waals surface area contributed by atoms with Crippen LogP contribution in [-0.2, 0) is 4.79 Å². The van der Waals surface area contributed by atoms with Crippen molar-refractivity contribution in [1.29, 1.82) is 0 Å². The maximum absolute atomic E-state index is 11.2. The SMILES string of the molecule is CC(C)CCC(=O)NC1CNC1. The summed E-state index contributed by atoms with van der Waals surface area (Å²) >= 11 is 0. The first-order chi connectivity index (χ1) is 5.68. The van der Waals surface area contributed by atoms with Crippen molar-refractivity contribution < 1.29 is 4.79 Å². The number of carbonyl (C=O) groups is 1. The Labute approximate surface area is 73.9 Å². The van der Waals surface area contributed by atoms with E-state index < -0.39 is 0 Å². The zero-order valence-electron chi connectivity index (χ0n) is 7.89. The monoisotopic (exact) mass is 170 g/mol. The minimum Gasteiger partial charge on any atom is -0.351 e. The third-order valence-electron chi connectivity index (χ3n) is 2.10. The standard InChI is InChI=1S/C9H18N2O/c1-7(2)3-4-9(12)11-8-5-10-6-8/h7-8,10H,3-6H2,1-2H3,(H,11,12). The fraction of sp³-hybridized carbons (Fsp3) is 0.889. The molecule has 70 valence electrons. The Morgan fingerprint density at radius 1 is 1.58 bits per heavy atom. The zero-order valence-corrected chi connectivity index (χ0v) is 7.89. The van der Waals surface area contributed by atoms with E-state index in [1.807, 2.05) is 0 Å². The van der Waals surface area contributed by atoms with Gasteiger partial charge in [0.2, 0.25) is 5.91 Å². The number of hydrogen-bond acceptors (Lipinski definition) is 2. The second-order valence-electron chi connectivity index (χ2n) is 3.86. The van der Waals surface area contributed by atoms with Gasteiger partial charge in [-0.3, -0.25) is 4.79 Å². The van der Waals surface area contributed by atoms with Crippen LogP contribution in [0.25, 0.3) is 0 Å². The van der Waals surface area contributed by atoms with E-state index >= 15 is 0 Å². The Morgan fingerprint density at radius 3 is 2.67 bits per heavy atom. The van der Waals surface area contributed by atoms with Crippen molar-refractivity contribution in [3.63, 3.8) is 0 Å². The third-order valence-corrected chi connectivity index (χ3v) is 2.10. The molecule has 0 aliphatic carbocycles. The van der Waals surface area contributed by atoms with Crippen molar-refractivity contribution in [2.75, 3.05) is 13.1 Å². The molecule has 3 nitrogen and oxygen atoms in total. The van der Waals surface area contributed by atoms with Crippen LogP contribution < -0.4 is 10.6 Å². The lowest BCUT2D eigenvalue weighted by molar-refractivity contribution is -0.122. The zero-order chi connectivity index (χ0) is 8.97. The molecule has 0 aromatic heterocycles. The van der Waals surface area contributed by atoms with Crippen LogP contribution in [0, 0.1) is 5.92 Å². The maximum Gasteiger partial charge on any atom is 0.220 e. The van der Waals surface area contributed by atoms with E-state index in [4.69, 9.17) is 0 Å². The quantitative estimate of drug-likeness (QED) is 0.645. The van der Waals surface area contributed by atoms with Crippen LogP contribution >= 0.6 is 0 Å². The Morgan fingerprint density at radius 2 is 2.25 bits per heavy atom. The van der Waals surface area contributed by atoms with Gasteiger partial charge < -0.3 is 10.6 Å². The summed E-state index contributed by atoms with van der Waals surface area (Å²) in [5.41, 5.74) is 0. The topological polar surface area (TPSA) is 41.1 Å². The Balaban J connectivity index is 2.03. The van der Waals surface area contributed by atoms with Gasteiger partial charge >= 0.3 is 0 Å². The molecule has 0 unspecified atom stereocenters. The Bertz CT molecular complexity index is 153. The van der Waals surface area contributed by atoms with E-state index in [-0.39, 0.29) is 5.91 Å². The maximum atomic E-state index is 11.2. The molecule has 12 heavy (non-hydrogen) atoms. The first-order valence-corrected chi connectivity index (χ1v) is 4.68. The van der Waals surface area contributed by atoms with Crippen molar-refractivity contribution >= 4 is 5.91 Å². The summed E-state index contributed by atoms with van der Waals surface area (Å²) in [5, 5.41) is 6.09. The summed E-state index contributed by atoms with van der Waals surface area (Å²) in [4.78, 5) is 11.2. The highest BCUT2D eigenvalue weighted by Gasteiger charge is 2.18. The number of hydrogen-bond donors (Lipinski definition) is 2. The van der Waals surface area contributed by atoms with Gasteiger partial charge in [-0.05, 0) is 12.3 Å². The molecule has 0 bridgehead atoms. The normalized spacial score (nSPS) is 17.6. The molecule has 0 radical (unpaired) electrons. The largest absolute Gasteiger partial charge is 0.351 e. The first kappa shape index (κ1) is 9.52. The first-order valence-electron chi connectivity index (χ1n) is 4.68. The molecule has 0 saturated carbocycles. The number of nitrogens with one attached hydrogen (secondary N) is 2. The molecule has 1 aliphatic rings. The van der Waals surface area contributed by atoms with Crippen molar-refractivity contribution in [2.45, 2.75) is 32.7 Å². The number of rotatable bonds is 4. The molecule has 2 N–H and O–H groups in total. The molecular weight excluding hydrogens is 152 g/mol. The lowest BCUT2D eigenvalue weighted by Gasteiger charge is -2.28. The summed E-state index contributed by atoms with van der Waals surface area (Å²) in [6.45, 7) is 6.15. The van der Waals surface area contributed by atoms with Crippen LogP contribution in [0.4, 0.5) is 0 Å². The summed E-state index contributed by atoms with van der Waals surface area (Å²) in [6, 6.07) is 0.393. The molecule has 1 fully saturated rings. The summed E-state index contributed by atoms with van der Waals surface area (Å²) in [5.74, 6) is 0.825. The van der Waals surface area contributed by atoms with Gasteiger partial charge in [0.05, 0.1) is 6.04 Å². The summed E-state index contributed by atoms with van der Waals surface area (Å²) < 4.78 is 0. The highest BCUT2D eigenvalue weighted by atomic mass is 16.1. The highest BCUT2D eigenvalue weighted by molar-refractivity contribution is 5.76. The van der Waals surface area contributed by atoms with Crippen molar-refractivity contribution in [2.24, 2.45) is 5.92 Å². The molecule has 0 spiro atoms. The highest BCUT2D eigenvalue weighted by Crippen LogP contribution is 2.03. The third kappa shape index (κ3) is 3.22. The average Bonchev–Trinajstić information content (AvgIpc) is 1.93. The molecular formula is C9H18N2O. The van der Waals surface area contributed by atoms with Gasteiger partial charge in [-0.25, -0.2) is 0 Å². The molecule has 0 atom stereocenters. The van der Waals surface area contributed by atoms with E-state index in [0.717, 1.165) is 19.5 Å². The van der Waals surface area contributed by atoms with E-state index in [9.17, 15) is 4.79 Å². The van der Waals surface area contributed by atoms with Crippen LogP contribution in [0.1, 0.15) is 26.7 Å². The molecule has 1 saturated heterocycles. The second kappa shape index (κ2) is 4.45. The average molecular weight is 170 g/mol. The fourth-order valence-electron chi connectivity index (χ4n) is 1.11. The van der Waals surface area contributed by atoms with Crippen molar-refractivity contribution in [1.82, 2.24) is 10.6 Å². The lowest BCUT2D eigenvalue weighted by atomic mass is 10.1. The lowest BCUT2D eigenvalue weighted by Crippen LogP contribution is -2.56. The molecule has 1 amide bonds. The van der Waals surface area contributed by atoms with Gasteiger partial charge in [0, 0.05) is 19.5 Å². The number of carbonyl (C=O) groups excluding carboxylic acids is 1. The van der Waals surface area contributed by atoms with Gasteiger partial charge in [0.1, 0.15) is 0 Å². The van der Waals surface area contributed by atoms with Crippen molar-refractivity contribution in [3.8, 4) is 0 Å². The minimum atomic E-state index is 0.204. The van der Waals surface area contributed by atoms with Gasteiger partial charge in [0.25, 0.3) is 0 Å². The van der Waals surface area contributed by atoms with Crippen LogP contribution in [0.3, 0.4) is 0 Å². The molecule has 1 aliphatic heterocycles. The van der Waals surface area contributed by atoms with Gasteiger partial charge in [0.15, 0.2) is 0 Å². The second-order valence-corrected chi connectivity index (χ2v) is 3.86. The van der Waals surface area contributed by atoms with Crippen LogP contribution in [0.15, 0.2) is 0 Å². The predicted molar refractivity (Wildman–Crippen MR) is 48.9 cm³/mol. The van der Waals surface area contributed by atoms with E-state index in [1.165, 1.54) is 0 Å². The predicted octanol–water partition coefficient (Wildman–Crippen LogP) is 0.511. The Hall–Kier alpha value is -0.570. The smallest absolute Gasteiger partial charge is 0.220 e. The van der Waals surface area contributed by atoms with Gasteiger partial charge in [-0.2, -0.15) is 0 Å². The van der Waals surface area contributed by atoms with E-state index in [1.54, 1.807) is 0 Å². The Kier molecular flexibility index (Phi) is 3.53. The molecule has 1 rings (SSSR count). The molecule has 3 heteroatoms. The van der Waals surface area contributed by atoms with E-state index in [2.05, 4.69) is 24.5 Å². The van der Waals surface area contributed by atoms with Gasteiger partial charge in [-0.15, -0.1) is 0 Å². The number of amides is 1.